The largest absolute Gasteiger partial charge is 0.444 e. The molecule has 0 radical (unpaired) electrons. The number of carbonyl (C=O) groups is 1. The minimum absolute atomic E-state index is 0.0164. The first kappa shape index (κ1) is 23.9. The molecular formula is C22H21Cl2F2N3O3. The number of ether oxygens (including phenoxy) is 1. The van der Waals surface area contributed by atoms with E-state index in [0.29, 0.717) is 5.52 Å². The summed E-state index contributed by atoms with van der Waals surface area (Å²) < 4.78 is 33.2. The van der Waals surface area contributed by atoms with Gasteiger partial charge < -0.3 is 10.1 Å². The first-order valence-electron chi connectivity index (χ1n) is 9.67. The predicted molar refractivity (Wildman–Crippen MR) is 120 cm³/mol. The number of halogens is 4. The average Bonchev–Trinajstić information content (AvgIpc) is 2.65. The summed E-state index contributed by atoms with van der Waals surface area (Å²) in [5.74, 6) is 0.0955. The van der Waals surface area contributed by atoms with Crippen LogP contribution >= 0.6 is 23.2 Å². The van der Waals surface area contributed by atoms with Crippen LogP contribution in [0.4, 0.5) is 13.6 Å². The second kappa shape index (κ2) is 9.03. The number of benzene rings is 2. The number of fused-ring (bicyclic) bond motifs is 1. The Hall–Kier alpha value is -2.71. The second-order valence-electron chi connectivity index (χ2n) is 8.16. The number of nitrogens with one attached hydrogen (secondary N) is 1. The maximum atomic E-state index is 13.4. The van der Waals surface area contributed by atoms with Gasteiger partial charge in [0.25, 0.3) is 12.0 Å². The Balaban J connectivity index is 2.24. The van der Waals surface area contributed by atoms with Crippen LogP contribution in [0.1, 0.15) is 51.6 Å². The molecule has 0 spiro atoms. The smallest absolute Gasteiger partial charge is 0.408 e. The second-order valence-corrected chi connectivity index (χ2v) is 9.00. The summed E-state index contributed by atoms with van der Waals surface area (Å²) in [5.41, 5.74) is -1.33. The minimum atomic E-state index is -2.80. The number of rotatable bonds is 4. The molecule has 0 saturated heterocycles. The van der Waals surface area contributed by atoms with Crippen LogP contribution in [0.15, 0.2) is 41.2 Å². The van der Waals surface area contributed by atoms with E-state index in [1.54, 1.807) is 39.8 Å². The monoisotopic (exact) mass is 483 g/mol. The van der Waals surface area contributed by atoms with Gasteiger partial charge in [-0.2, -0.15) is 0 Å². The molecule has 3 rings (SSSR count). The van der Waals surface area contributed by atoms with E-state index in [1.807, 2.05) is 0 Å². The molecule has 0 bridgehead atoms. The van der Waals surface area contributed by atoms with Crippen molar-refractivity contribution in [2.24, 2.45) is 0 Å². The van der Waals surface area contributed by atoms with Crippen LogP contribution in [0.25, 0.3) is 16.6 Å². The van der Waals surface area contributed by atoms with Gasteiger partial charge in [0, 0.05) is 10.6 Å². The molecule has 0 aliphatic rings. The highest BCUT2D eigenvalue weighted by atomic mass is 35.5. The molecule has 1 amide bonds. The van der Waals surface area contributed by atoms with Gasteiger partial charge in [-0.1, -0.05) is 29.3 Å². The molecule has 1 heterocycles. The third-order valence-corrected chi connectivity index (χ3v) is 4.94. The van der Waals surface area contributed by atoms with Gasteiger partial charge in [0.2, 0.25) is 0 Å². The van der Waals surface area contributed by atoms with Crippen molar-refractivity contribution < 1.29 is 18.3 Å². The first-order chi connectivity index (χ1) is 14.9. The van der Waals surface area contributed by atoms with Gasteiger partial charge in [0.1, 0.15) is 11.4 Å². The lowest BCUT2D eigenvalue weighted by atomic mass is 10.1. The summed E-state index contributed by atoms with van der Waals surface area (Å²) >= 11 is 12.3. The molecule has 0 fully saturated rings. The van der Waals surface area contributed by atoms with Crippen LogP contribution in [0.5, 0.6) is 0 Å². The van der Waals surface area contributed by atoms with Crippen molar-refractivity contribution in [2.45, 2.75) is 45.8 Å². The number of alkyl halides is 2. The Kier molecular flexibility index (Phi) is 6.76. The lowest BCUT2D eigenvalue weighted by Gasteiger charge is -2.23. The topological polar surface area (TPSA) is 73.2 Å². The predicted octanol–water partition coefficient (Wildman–Crippen LogP) is 6.22. The third-order valence-electron chi connectivity index (χ3n) is 4.41. The van der Waals surface area contributed by atoms with Crippen molar-refractivity contribution in [1.29, 1.82) is 0 Å². The van der Waals surface area contributed by atoms with Crippen LogP contribution in [0.2, 0.25) is 10.0 Å². The number of carbonyl (C=O) groups excluding carboxylic acids is 1. The quantitative estimate of drug-likeness (QED) is 0.478. The fourth-order valence-corrected chi connectivity index (χ4v) is 3.64. The van der Waals surface area contributed by atoms with Gasteiger partial charge >= 0.3 is 6.09 Å². The van der Waals surface area contributed by atoms with E-state index in [4.69, 9.17) is 27.9 Å². The van der Waals surface area contributed by atoms with Gasteiger partial charge in [-0.25, -0.2) is 18.6 Å². The number of amides is 1. The number of aromatic nitrogens is 2. The molecule has 0 saturated carbocycles. The normalized spacial score (nSPS) is 12.8. The highest BCUT2D eigenvalue weighted by molar-refractivity contribution is 6.35. The SMILES string of the molecule is C[C@H](NC(=O)OC(C)(C)C)c1nc2cccc(Cl)c2c(=O)n1-c1cc(Cl)cc(C(F)F)c1. The number of alkyl carbamates (subject to hydrolysis) is 1. The Morgan fingerprint density at radius 3 is 2.50 bits per heavy atom. The summed E-state index contributed by atoms with van der Waals surface area (Å²) in [6, 6.07) is 7.56. The molecule has 2 aromatic carbocycles. The molecule has 0 aliphatic carbocycles. The van der Waals surface area contributed by atoms with E-state index in [-0.39, 0.29) is 32.5 Å². The zero-order valence-corrected chi connectivity index (χ0v) is 19.3. The minimum Gasteiger partial charge on any atom is -0.444 e. The van der Waals surface area contributed by atoms with Crippen LogP contribution in [0.3, 0.4) is 0 Å². The van der Waals surface area contributed by atoms with E-state index >= 15 is 0 Å². The molecule has 170 valence electrons. The van der Waals surface area contributed by atoms with E-state index < -0.39 is 29.7 Å². The van der Waals surface area contributed by atoms with E-state index in [9.17, 15) is 18.4 Å². The van der Waals surface area contributed by atoms with Crippen molar-refractivity contribution in [1.82, 2.24) is 14.9 Å². The summed E-state index contributed by atoms with van der Waals surface area (Å²) in [7, 11) is 0. The molecule has 32 heavy (non-hydrogen) atoms. The molecule has 6 nitrogen and oxygen atoms in total. The third kappa shape index (κ3) is 5.19. The van der Waals surface area contributed by atoms with Gasteiger partial charge in [-0.15, -0.1) is 0 Å². The number of hydrogen-bond acceptors (Lipinski definition) is 4. The lowest BCUT2D eigenvalue weighted by molar-refractivity contribution is 0.0505. The summed E-state index contributed by atoms with van der Waals surface area (Å²) in [6.07, 6.45) is -3.53. The summed E-state index contributed by atoms with van der Waals surface area (Å²) in [6.45, 7) is 6.72. The van der Waals surface area contributed by atoms with Crippen LogP contribution in [-0.2, 0) is 4.74 Å². The molecule has 10 heteroatoms. The van der Waals surface area contributed by atoms with Crippen molar-refractivity contribution in [3.63, 3.8) is 0 Å². The van der Waals surface area contributed by atoms with E-state index in [1.165, 1.54) is 12.1 Å². The molecular weight excluding hydrogens is 463 g/mol. The summed E-state index contributed by atoms with van der Waals surface area (Å²) in [5, 5.41) is 2.91. The Morgan fingerprint density at radius 1 is 1.19 bits per heavy atom. The summed E-state index contributed by atoms with van der Waals surface area (Å²) in [4.78, 5) is 30.3. The molecule has 1 atom stereocenters. The zero-order chi connectivity index (χ0) is 23.8. The van der Waals surface area contributed by atoms with Gasteiger partial charge in [-0.3, -0.25) is 9.36 Å². The number of nitrogens with zero attached hydrogens (tertiary/aromatic N) is 2. The van der Waals surface area contributed by atoms with Crippen molar-refractivity contribution in [3.05, 3.63) is 68.2 Å². The van der Waals surface area contributed by atoms with Crippen LogP contribution in [0, 0.1) is 0 Å². The van der Waals surface area contributed by atoms with E-state index in [0.717, 1.165) is 16.7 Å². The van der Waals surface area contributed by atoms with Gasteiger partial charge in [-0.05, 0) is 58.0 Å². The molecule has 0 unspecified atom stereocenters. The number of hydrogen-bond donors (Lipinski definition) is 1. The fraction of sp³-hybridized carbons (Fsp3) is 0.318. The Bertz CT molecular complexity index is 1240. The van der Waals surface area contributed by atoms with Crippen LogP contribution in [-0.4, -0.2) is 21.2 Å². The molecule has 0 aliphatic heterocycles. The Morgan fingerprint density at radius 2 is 1.88 bits per heavy atom. The average molecular weight is 484 g/mol. The van der Waals surface area contributed by atoms with Gasteiger partial charge in [0.05, 0.1) is 27.7 Å². The molecule has 1 N–H and O–H groups in total. The maximum Gasteiger partial charge on any atom is 0.408 e. The molecule has 1 aromatic heterocycles. The van der Waals surface area contributed by atoms with Crippen molar-refractivity contribution in [2.75, 3.05) is 0 Å². The van der Waals surface area contributed by atoms with E-state index in [2.05, 4.69) is 10.3 Å². The van der Waals surface area contributed by atoms with Gasteiger partial charge in [0.15, 0.2) is 0 Å². The van der Waals surface area contributed by atoms with Crippen molar-refractivity contribution >= 4 is 40.2 Å². The lowest BCUT2D eigenvalue weighted by Crippen LogP contribution is -2.37. The van der Waals surface area contributed by atoms with Crippen molar-refractivity contribution in [3.8, 4) is 5.69 Å². The fourth-order valence-electron chi connectivity index (χ4n) is 3.15. The highest BCUT2D eigenvalue weighted by Crippen LogP contribution is 2.28. The zero-order valence-electron chi connectivity index (χ0n) is 17.7. The molecule has 3 aromatic rings. The maximum absolute atomic E-state index is 13.4. The first-order valence-corrected chi connectivity index (χ1v) is 10.4. The Labute approximate surface area is 193 Å². The van der Waals surface area contributed by atoms with Crippen LogP contribution < -0.4 is 10.9 Å². The standard InChI is InChI=1S/C22H21Cl2F2N3O3/c1-11(27-21(31)32-22(2,3)4)19-28-16-7-5-6-15(24)17(16)20(30)29(19)14-9-12(18(25)26)8-13(23)10-14/h5-11,18H,1-4H3,(H,27,31)/t11-/m0/s1. The highest BCUT2D eigenvalue weighted by Gasteiger charge is 2.24.